The first-order valence-electron chi connectivity index (χ1n) is 7.74. The monoisotopic (exact) mass is 338 g/mol. The largest absolute Gasteiger partial charge is 0.443 e. The number of fused-ring (bicyclic) bond motifs is 1. The van der Waals surface area contributed by atoms with Crippen molar-refractivity contribution in [3.63, 3.8) is 0 Å². The van der Waals surface area contributed by atoms with E-state index in [2.05, 4.69) is 11.8 Å². The van der Waals surface area contributed by atoms with Crippen molar-refractivity contribution in [1.29, 1.82) is 0 Å². The fourth-order valence-corrected chi connectivity index (χ4v) is 4.31. The Morgan fingerprint density at radius 1 is 1.22 bits per heavy atom. The summed E-state index contributed by atoms with van der Waals surface area (Å²) in [6, 6.07) is 9.21. The number of hydrogen-bond donors (Lipinski definition) is 0. The Morgan fingerprint density at radius 2 is 1.91 bits per heavy atom. The standard InChI is InChI=1S/C16H22N2O4S/c1-13(12-21-2)17-7-9-18(10-8-17)23(19,20)16-11-14-5-3-4-6-15(14)22-16/h3-6,11,13H,7-10,12H2,1-2H3/t13-/m0/s1. The number of methoxy groups -OCH3 is 1. The van der Waals surface area contributed by atoms with Gasteiger partial charge in [-0.2, -0.15) is 4.31 Å². The third-order valence-electron chi connectivity index (χ3n) is 4.30. The minimum Gasteiger partial charge on any atom is -0.443 e. The lowest BCUT2D eigenvalue weighted by molar-refractivity contribution is 0.0764. The van der Waals surface area contributed by atoms with E-state index in [1.54, 1.807) is 19.2 Å². The van der Waals surface area contributed by atoms with E-state index in [4.69, 9.17) is 9.15 Å². The number of ether oxygens (including phenoxy) is 1. The number of benzene rings is 1. The molecule has 1 saturated heterocycles. The molecule has 0 spiro atoms. The molecule has 1 atom stereocenters. The molecule has 7 heteroatoms. The quantitative estimate of drug-likeness (QED) is 0.831. The number of hydrogen-bond acceptors (Lipinski definition) is 5. The highest BCUT2D eigenvalue weighted by Crippen LogP contribution is 2.25. The Bertz CT molecular complexity index is 730. The van der Waals surface area contributed by atoms with Gasteiger partial charge >= 0.3 is 0 Å². The predicted octanol–water partition coefficient (Wildman–Crippen LogP) is 1.77. The van der Waals surface area contributed by atoms with Gasteiger partial charge in [-0.05, 0) is 13.0 Å². The van der Waals surface area contributed by atoms with Gasteiger partial charge in [0.25, 0.3) is 10.0 Å². The molecule has 0 radical (unpaired) electrons. The molecule has 23 heavy (non-hydrogen) atoms. The molecule has 126 valence electrons. The van der Waals surface area contributed by atoms with E-state index in [0.29, 0.717) is 38.4 Å². The van der Waals surface area contributed by atoms with Crippen LogP contribution in [0.25, 0.3) is 11.0 Å². The summed E-state index contributed by atoms with van der Waals surface area (Å²) < 4.78 is 37.7. The lowest BCUT2D eigenvalue weighted by Crippen LogP contribution is -2.52. The molecule has 2 heterocycles. The highest BCUT2D eigenvalue weighted by Gasteiger charge is 2.32. The maximum Gasteiger partial charge on any atom is 0.276 e. The van der Waals surface area contributed by atoms with Gasteiger partial charge in [-0.3, -0.25) is 4.90 Å². The Balaban J connectivity index is 1.74. The van der Waals surface area contributed by atoms with E-state index in [1.807, 2.05) is 18.2 Å². The number of sulfonamides is 1. The number of nitrogens with zero attached hydrogens (tertiary/aromatic N) is 2. The molecule has 2 aromatic rings. The smallest absolute Gasteiger partial charge is 0.276 e. The molecule has 6 nitrogen and oxygen atoms in total. The van der Waals surface area contributed by atoms with Crippen molar-refractivity contribution in [1.82, 2.24) is 9.21 Å². The third kappa shape index (κ3) is 3.28. The number of para-hydroxylation sites is 1. The van der Waals surface area contributed by atoms with E-state index in [0.717, 1.165) is 5.39 Å². The Morgan fingerprint density at radius 3 is 2.57 bits per heavy atom. The zero-order valence-electron chi connectivity index (χ0n) is 13.4. The minimum absolute atomic E-state index is 0.0251. The molecule has 0 amide bonds. The van der Waals surface area contributed by atoms with Crippen LogP contribution in [0.15, 0.2) is 39.8 Å². The van der Waals surface area contributed by atoms with Crippen LogP contribution in [-0.2, 0) is 14.8 Å². The van der Waals surface area contributed by atoms with Gasteiger partial charge in [0.15, 0.2) is 0 Å². The topological polar surface area (TPSA) is 63.0 Å². The minimum atomic E-state index is -3.58. The number of rotatable bonds is 5. The van der Waals surface area contributed by atoms with Crippen molar-refractivity contribution in [2.75, 3.05) is 39.9 Å². The maximum absolute atomic E-state index is 12.7. The Hall–Kier alpha value is -1.41. The average Bonchev–Trinajstić information content (AvgIpc) is 3.00. The first-order valence-corrected chi connectivity index (χ1v) is 9.18. The summed E-state index contributed by atoms with van der Waals surface area (Å²) >= 11 is 0. The molecule has 0 saturated carbocycles. The van der Waals surface area contributed by atoms with Crippen molar-refractivity contribution in [2.24, 2.45) is 0 Å². The molecule has 0 N–H and O–H groups in total. The predicted molar refractivity (Wildman–Crippen MR) is 87.9 cm³/mol. The molecule has 1 aliphatic heterocycles. The first kappa shape index (κ1) is 16.4. The number of furan rings is 1. The lowest BCUT2D eigenvalue weighted by Gasteiger charge is -2.36. The zero-order chi connectivity index (χ0) is 16.4. The van der Waals surface area contributed by atoms with Crippen molar-refractivity contribution >= 4 is 21.0 Å². The second kappa shape index (κ2) is 6.60. The summed E-state index contributed by atoms with van der Waals surface area (Å²) in [5, 5.41) is 0.829. The molecule has 1 aromatic carbocycles. The van der Waals surface area contributed by atoms with Crippen molar-refractivity contribution < 1.29 is 17.6 Å². The van der Waals surface area contributed by atoms with Gasteiger partial charge in [-0.15, -0.1) is 0 Å². The molecule has 0 aliphatic carbocycles. The molecule has 0 bridgehead atoms. The molecular weight excluding hydrogens is 316 g/mol. The van der Waals surface area contributed by atoms with Gasteiger partial charge in [-0.1, -0.05) is 18.2 Å². The van der Waals surface area contributed by atoms with E-state index in [-0.39, 0.29) is 11.1 Å². The third-order valence-corrected chi connectivity index (χ3v) is 6.06. The van der Waals surface area contributed by atoms with Gasteiger partial charge in [0, 0.05) is 50.8 Å². The molecule has 1 aliphatic rings. The normalized spacial score (nSPS) is 19.2. The average molecular weight is 338 g/mol. The van der Waals surface area contributed by atoms with E-state index < -0.39 is 10.0 Å². The van der Waals surface area contributed by atoms with Crippen LogP contribution in [-0.4, -0.2) is 63.6 Å². The summed E-state index contributed by atoms with van der Waals surface area (Å²) in [6.45, 7) is 5.07. The van der Waals surface area contributed by atoms with Gasteiger partial charge in [-0.25, -0.2) is 8.42 Å². The van der Waals surface area contributed by atoms with Crippen LogP contribution in [0, 0.1) is 0 Å². The lowest BCUT2D eigenvalue weighted by atomic mass is 10.2. The van der Waals surface area contributed by atoms with E-state index in [1.165, 1.54) is 4.31 Å². The van der Waals surface area contributed by atoms with Crippen LogP contribution < -0.4 is 0 Å². The molecular formula is C16H22N2O4S. The van der Waals surface area contributed by atoms with Crippen LogP contribution in [0.1, 0.15) is 6.92 Å². The summed E-state index contributed by atoms with van der Waals surface area (Å²) in [4.78, 5) is 2.24. The molecule has 1 aromatic heterocycles. The van der Waals surface area contributed by atoms with Gasteiger partial charge < -0.3 is 9.15 Å². The Kier molecular flexibility index (Phi) is 4.72. The van der Waals surface area contributed by atoms with Gasteiger partial charge in [0.05, 0.1) is 6.61 Å². The van der Waals surface area contributed by atoms with E-state index >= 15 is 0 Å². The van der Waals surface area contributed by atoms with Crippen LogP contribution in [0.5, 0.6) is 0 Å². The van der Waals surface area contributed by atoms with Crippen LogP contribution in [0.4, 0.5) is 0 Å². The SMILES string of the molecule is COC[C@H](C)N1CCN(S(=O)(=O)c2cc3ccccc3o2)CC1. The maximum atomic E-state index is 12.7. The van der Waals surface area contributed by atoms with Crippen LogP contribution in [0.3, 0.4) is 0 Å². The summed E-state index contributed by atoms with van der Waals surface area (Å²) in [6.07, 6.45) is 0. The van der Waals surface area contributed by atoms with Crippen LogP contribution in [0.2, 0.25) is 0 Å². The first-order chi connectivity index (χ1) is 11.0. The van der Waals surface area contributed by atoms with Crippen molar-refractivity contribution in [3.8, 4) is 0 Å². The Labute approximate surface area is 136 Å². The fraction of sp³-hybridized carbons (Fsp3) is 0.500. The van der Waals surface area contributed by atoms with Crippen molar-refractivity contribution in [2.45, 2.75) is 18.1 Å². The summed E-state index contributed by atoms with van der Waals surface area (Å²) in [5.41, 5.74) is 0.596. The van der Waals surface area contributed by atoms with Gasteiger partial charge in [0.2, 0.25) is 5.09 Å². The summed E-state index contributed by atoms with van der Waals surface area (Å²) in [7, 11) is -1.90. The molecule has 1 fully saturated rings. The second-order valence-electron chi connectivity index (χ2n) is 5.85. The van der Waals surface area contributed by atoms with Gasteiger partial charge in [0.1, 0.15) is 5.58 Å². The van der Waals surface area contributed by atoms with Crippen molar-refractivity contribution in [3.05, 3.63) is 30.3 Å². The highest BCUT2D eigenvalue weighted by atomic mass is 32.2. The highest BCUT2D eigenvalue weighted by molar-refractivity contribution is 7.89. The van der Waals surface area contributed by atoms with E-state index in [9.17, 15) is 8.42 Å². The molecule has 0 unspecified atom stereocenters. The van der Waals surface area contributed by atoms with Crippen LogP contribution >= 0.6 is 0 Å². The summed E-state index contributed by atoms with van der Waals surface area (Å²) in [5.74, 6) is 0. The molecule has 3 rings (SSSR count). The second-order valence-corrected chi connectivity index (χ2v) is 7.72. The fourth-order valence-electron chi connectivity index (χ4n) is 2.94. The number of piperazine rings is 1. The zero-order valence-corrected chi connectivity index (χ0v) is 14.3.